The van der Waals surface area contributed by atoms with Gasteiger partial charge in [0.05, 0.1) is 13.2 Å². The van der Waals surface area contributed by atoms with Crippen LogP contribution in [0.5, 0.6) is 0 Å². The first-order valence-corrected chi connectivity index (χ1v) is 6.07. The summed E-state index contributed by atoms with van der Waals surface area (Å²) in [5.41, 5.74) is 0.904. The number of rotatable bonds is 5. The van der Waals surface area contributed by atoms with Gasteiger partial charge in [-0.1, -0.05) is 11.8 Å². The minimum atomic E-state index is -0.143. The normalized spacial score (nSPS) is 9.53. The second-order valence-corrected chi connectivity index (χ2v) is 4.24. The SMILES string of the molecule is COCC(=O)NCc1sccc1C#CCCO. The molecule has 0 saturated heterocycles. The zero-order chi connectivity index (χ0) is 12.5. The minimum Gasteiger partial charge on any atom is -0.395 e. The lowest BCUT2D eigenvalue weighted by molar-refractivity contribution is -0.124. The number of ether oxygens (including phenoxy) is 1. The van der Waals surface area contributed by atoms with E-state index in [4.69, 9.17) is 9.84 Å². The van der Waals surface area contributed by atoms with Gasteiger partial charge in [0, 0.05) is 24.0 Å². The fourth-order valence-corrected chi connectivity index (χ4v) is 1.93. The number of aliphatic hydroxyl groups excluding tert-OH is 1. The number of amides is 1. The number of nitrogens with one attached hydrogen (secondary N) is 1. The maximum atomic E-state index is 11.2. The third kappa shape index (κ3) is 5.00. The van der Waals surface area contributed by atoms with E-state index in [2.05, 4.69) is 17.2 Å². The molecule has 92 valence electrons. The highest BCUT2D eigenvalue weighted by Crippen LogP contribution is 2.15. The van der Waals surface area contributed by atoms with Gasteiger partial charge < -0.3 is 15.2 Å². The molecule has 4 nitrogen and oxygen atoms in total. The van der Waals surface area contributed by atoms with E-state index in [1.54, 1.807) is 11.3 Å². The Labute approximate surface area is 105 Å². The molecule has 5 heteroatoms. The molecule has 0 radical (unpaired) electrons. The zero-order valence-electron chi connectivity index (χ0n) is 9.66. The topological polar surface area (TPSA) is 58.6 Å². The van der Waals surface area contributed by atoms with E-state index in [0.717, 1.165) is 10.4 Å². The van der Waals surface area contributed by atoms with E-state index >= 15 is 0 Å². The van der Waals surface area contributed by atoms with Crippen molar-refractivity contribution in [1.82, 2.24) is 5.32 Å². The largest absolute Gasteiger partial charge is 0.395 e. The summed E-state index contributed by atoms with van der Waals surface area (Å²) in [4.78, 5) is 12.2. The number of carbonyl (C=O) groups is 1. The van der Waals surface area contributed by atoms with Crippen LogP contribution in [-0.4, -0.2) is 31.3 Å². The quantitative estimate of drug-likeness (QED) is 0.761. The first-order valence-electron chi connectivity index (χ1n) is 5.19. The van der Waals surface area contributed by atoms with Gasteiger partial charge in [0.15, 0.2) is 0 Å². The van der Waals surface area contributed by atoms with Gasteiger partial charge >= 0.3 is 0 Å². The van der Waals surface area contributed by atoms with Gasteiger partial charge in [-0.3, -0.25) is 4.79 Å². The predicted molar refractivity (Wildman–Crippen MR) is 66.6 cm³/mol. The van der Waals surface area contributed by atoms with Crippen LogP contribution in [0.15, 0.2) is 11.4 Å². The lowest BCUT2D eigenvalue weighted by Gasteiger charge is -2.02. The molecule has 0 aliphatic carbocycles. The van der Waals surface area contributed by atoms with Gasteiger partial charge in [0.2, 0.25) is 5.91 Å². The van der Waals surface area contributed by atoms with Crippen LogP contribution in [0.4, 0.5) is 0 Å². The molecule has 0 saturated carbocycles. The Bertz CT molecular complexity index is 417. The highest BCUT2D eigenvalue weighted by molar-refractivity contribution is 7.10. The van der Waals surface area contributed by atoms with Gasteiger partial charge in [-0.15, -0.1) is 11.3 Å². The van der Waals surface area contributed by atoms with Crippen LogP contribution in [0.3, 0.4) is 0 Å². The van der Waals surface area contributed by atoms with Crippen molar-refractivity contribution in [2.45, 2.75) is 13.0 Å². The lowest BCUT2D eigenvalue weighted by Crippen LogP contribution is -2.26. The molecule has 0 spiro atoms. The third-order valence-corrected chi connectivity index (χ3v) is 2.85. The van der Waals surface area contributed by atoms with Crippen LogP contribution in [0.25, 0.3) is 0 Å². The Morgan fingerprint density at radius 2 is 2.47 bits per heavy atom. The Hall–Kier alpha value is -1.35. The van der Waals surface area contributed by atoms with Crippen molar-refractivity contribution in [3.05, 3.63) is 21.9 Å². The average molecular weight is 253 g/mol. The smallest absolute Gasteiger partial charge is 0.246 e. The number of hydrogen-bond donors (Lipinski definition) is 2. The number of methoxy groups -OCH3 is 1. The fourth-order valence-electron chi connectivity index (χ4n) is 1.16. The number of aliphatic hydroxyl groups is 1. The second-order valence-electron chi connectivity index (χ2n) is 3.24. The van der Waals surface area contributed by atoms with E-state index < -0.39 is 0 Å². The summed E-state index contributed by atoms with van der Waals surface area (Å²) in [5.74, 6) is 5.68. The van der Waals surface area contributed by atoms with E-state index in [9.17, 15) is 4.79 Å². The highest BCUT2D eigenvalue weighted by Gasteiger charge is 2.04. The summed E-state index contributed by atoms with van der Waals surface area (Å²) < 4.78 is 4.72. The highest BCUT2D eigenvalue weighted by atomic mass is 32.1. The van der Waals surface area contributed by atoms with Crippen molar-refractivity contribution < 1.29 is 14.6 Å². The van der Waals surface area contributed by atoms with Crippen LogP contribution in [0, 0.1) is 11.8 Å². The molecule has 17 heavy (non-hydrogen) atoms. The molecule has 1 aromatic heterocycles. The molecular weight excluding hydrogens is 238 g/mol. The minimum absolute atomic E-state index is 0.0664. The van der Waals surface area contributed by atoms with Gasteiger partial charge in [-0.25, -0.2) is 0 Å². The van der Waals surface area contributed by atoms with E-state index in [1.807, 2.05) is 11.4 Å². The molecular formula is C12H15NO3S. The predicted octanol–water partition coefficient (Wildman–Crippen LogP) is 0.745. The van der Waals surface area contributed by atoms with Gasteiger partial charge in [-0.2, -0.15) is 0 Å². The van der Waals surface area contributed by atoms with Crippen molar-refractivity contribution in [3.63, 3.8) is 0 Å². The summed E-state index contributed by atoms with van der Waals surface area (Å²) in [7, 11) is 1.48. The summed E-state index contributed by atoms with van der Waals surface area (Å²) in [6.07, 6.45) is 0.464. The lowest BCUT2D eigenvalue weighted by atomic mass is 10.2. The molecule has 0 aromatic carbocycles. The fraction of sp³-hybridized carbons (Fsp3) is 0.417. The van der Waals surface area contributed by atoms with Gasteiger partial charge in [0.25, 0.3) is 0 Å². The van der Waals surface area contributed by atoms with Crippen LogP contribution in [-0.2, 0) is 16.1 Å². The van der Waals surface area contributed by atoms with Gasteiger partial charge in [0.1, 0.15) is 6.61 Å². The molecule has 2 N–H and O–H groups in total. The van der Waals surface area contributed by atoms with Crippen molar-refractivity contribution in [1.29, 1.82) is 0 Å². The summed E-state index contributed by atoms with van der Waals surface area (Å²) >= 11 is 1.55. The molecule has 0 aliphatic heterocycles. The molecule has 0 fully saturated rings. The molecule has 0 atom stereocenters. The molecule has 0 unspecified atom stereocenters. The van der Waals surface area contributed by atoms with Crippen molar-refractivity contribution in [3.8, 4) is 11.8 Å². The molecule has 1 amide bonds. The maximum absolute atomic E-state index is 11.2. The Kier molecular flexibility index (Phi) is 6.33. The first-order chi connectivity index (χ1) is 8.27. The molecule has 0 aliphatic rings. The zero-order valence-corrected chi connectivity index (χ0v) is 10.5. The molecule has 1 aromatic rings. The molecule has 0 bridgehead atoms. The molecule has 1 rings (SSSR count). The summed E-state index contributed by atoms with van der Waals surface area (Å²) in [6.45, 7) is 0.594. The maximum Gasteiger partial charge on any atom is 0.246 e. The van der Waals surface area contributed by atoms with Crippen LogP contribution >= 0.6 is 11.3 Å². The average Bonchev–Trinajstić information content (AvgIpc) is 2.75. The summed E-state index contributed by atoms with van der Waals surface area (Å²) in [5, 5.41) is 13.3. The Morgan fingerprint density at radius 1 is 1.65 bits per heavy atom. The Balaban J connectivity index is 2.52. The van der Waals surface area contributed by atoms with Crippen LogP contribution < -0.4 is 5.32 Å². The van der Waals surface area contributed by atoms with E-state index in [1.165, 1.54) is 7.11 Å². The number of carbonyl (C=O) groups excluding carboxylic acids is 1. The number of hydrogen-bond acceptors (Lipinski definition) is 4. The van der Waals surface area contributed by atoms with Crippen LogP contribution in [0.2, 0.25) is 0 Å². The van der Waals surface area contributed by atoms with Crippen LogP contribution in [0.1, 0.15) is 16.9 Å². The van der Waals surface area contributed by atoms with Crippen molar-refractivity contribution in [2.24, 2.45) is 0 Å². The summed E-state index contributed by atoms with van der Waals surface area (Å²) in [6, 6.07) is 1.91. The van der Waals surface area contributed by atoms with E-state index in [-0.39, 0.29) is 19.1 Å². The monoisotopic (exact) mass is 253 g/mol. The van der Waals surface area contributed by atoms with E-state index in [0.29, 0.717) is 13.0 Å². The second kappa shape index (κ2) is 7.85. The van der Waals surface area contributed by atoms with Gasteiger partial charge in [-0.05, 0) is 11.4 Å². The van der Waals surface area contributed by atoms with Crippen molar-refractivity contribution in [2.75, 3.05) is 20.3 Å². The Morgan fingerprint density at radius 3 is 3.18 bits per heavy atom. The van der Waals surface area contributed by atoms with Crippen molar-refractivity contribution >= 4 is 17.2 Å². The third-order valence-electron chi connectivity index (χ3n) is 1.93. The standard InChI is InChI=1S/C12H15NO3S/c1-16-9-12(15)13-8-11-10(5-7-17-11)4-2-3-6-14/h5,7,14H,3,6,8-9H2,1H3,(H,13,15). The number of thiophene rings is 1. The first kappa shape index (κ1) is 13.7. The molecule has 1 heterocycles.